The monoisotopic (exact) mass is 244 g/mol. The van der Waals surface area contributed by atoms with Crippen LogP contribution in [0.15, 0.2) is 48.5 Å². The standard InChI is InChI=1S/C16H17FO/c1-12-8-9-15(17)10-13(12)11-16(2,18)14-6-4-3-5-7-14/h3-10,18H,11H2,1-2H3. The van der Waals surface area contributed by atoms with Crippen molar-refractivity contribution in [3.63, 3.8) is 0 Å². The van der Waals surface area contributed by atoms with Gasteiger partial charge in [0, 0.05) is 6.42 Å². The molecule has 0 fully saturated rings. The van der Waals surface area contributed by atoms with Gasteiger partial charge in [-0.3, -0.25) is 0 Å². The lowest BCUT2D eigenvalue weighted by atomic mass is 9.87. The van der Waals surface area contributed by atoms with Crippen LogP contribution in [0.25, 0.3) is 0 Å². The van der Waals surface area contributed by atoms with E-state index in [0.29, 0.717) is 6.42 Å². The largest absolute Gasteiger partial charge is 0.385 e. The predicted octanol–water partition coefficient (Wildman–Crippen LogP) is 3.58. The van der Waals surface area contributed by atoms with Gasteiger partial charge in [-0.05, 0) is 42.7 Å². The first kappa shape index (κ1) is 12.8. The molecule has 1 N–H and O–H groups in total. The molecule has 0 saturated heterocycles. The Kier molecular flexibility index (Phi) is 3.48. The first-order chi connectivity index (χ1) is 8.49. The van der Waals surface area contributed by atoms with E-state index in [4.69, 9.17) is 0 Å². The third-order valence-corrected chi connectivity index (χ3v) is 3.24. The predicted molar refractivity (Wildman–Crippen MR) is 70.9 cm³/mol. The molecule has 18 heavy (non-hydrogen) atoms. The maximum atomic E-state index is 13.2. The molecule has 0 amide bonds. The van der Waals surface area contributed by atoms with E-state index in [1.807, 2.05) is 37.3 Å². The van der Waals surface area contributed by atoms with Gasteiger partial charge in [0.1, 0.15) is 5.82 Å². The molecule has 2 heteroatoms. The van der Waals surface area contributed by atoms with Gasteiger partial charge in [-0.2, -0.15) is 0 Å². The fourth-order valence-electron chi connectivity index (χ4n) is 2.10. The number of aryl methyl sites for hydroxylation is 1. The molecule has 0 aliphatic heterocycles. The van der Waals surface area contributed by atoms with Crippen molar-refractivity contribution < 1.29 is 9.50 Å². The summed E-state index contributed by atoms with van der Waals surface area (Å²) < 4.78 is 13.2. The van der Waals surface area contributed by atoms with Crippen LogP contribution < -0.4 is 0 Å². The van der Waals surface area contributed by atoms with Crippen LogP contribution in [-0.4, -0.2) is 5.11 Å². The average molecular weight is 244 g/mol. The third-order valence-electron chi connectivity index (χ3n) is 3.24. The second-order valence-electron chi connectivity index (χ2n) is 4.89. The molecule has 0 aliphatic carbocycles. The maximum absolute atomic E-state index is 13.2. The molecule has 2 aromatic carbocycles. The molecule has 94 valence electrons. The van der Waals surface area contributed by atoms with Crippen LogP contribution in [0.2, 0.25) is 0 Å². The lowest BCUT2D eigenvalue weighted by molar-refractivity contribution is 0.0574. The zero-order valence-electron chi connectivity index (χ0n) is 10.7. The third kappa shape index (κ3) is 2.77. The Morgan fingerprint density at radius 3 is 2.44 bits per heavy atom. The van der Waals surface area contributed by atoms with Crippen LogP contribution >= 0.6 is 0 Å². The number of hydrogen-bond acceptors (Lipinski definition) is 1. The molecule has 1 atom stereocenters. The molecule has 2 rings (SSSR count). The van der Waals surface area contributed by atoms with Gasteiger partial charge < -0.3 is 5.11 Å². The zero-order chi connectivity index (χ0) is 13.2. The number of hydrogen-bond donors (Lipinski definition) is 1. The summed E-state index contributed by atoms with van der Waals surface area (Å²) in [6.45, 7) is 3.68. The molecule has 0 aromatic heterocycles. The molecule has 0 radical (unpaired) electrons. The van der Waals surface area contributed by atoms with Crippen molar-refractivity contribution in [1.82, 2.24) is 0 Å². The van der Waals surface area contributed by atoms with E-state index in [1.165, 1.54) is 12.1 Å². The summed E-state index contributed by atoms with van der Waals surface area (Å²) in [5.41, 5.74) is 1.69. The average Bonchev–Trinajstić information content (AvgIpc) is 2.35. The minimum Gasteiger partial charge on any atom is -0.385 e. The Balaban J connectivity index is 2.30. The van der Waals surface area contributed by atoms with Crippen molar-refractivity contribution in [2.45, 2.75) is 25.9 Å². The van der Waals surface area contributed by atoms with Crippen LogP contribution in [0.3, 0.4) is 0 Å². The van der Waals surface area contributed by atoms with Gasteiger partial charge in [0.15, 0.2) is 0 Å². The number of aliphatic hydroxyl groups is 1. The lowest BCUT2D eigenvalue weighted by Gasteiger charge is -2.25. The molecule has 0 spiro atoms. The van der Waals surface area contributed by atoms with Crippen LogP contribution in [0.1, 0.15) is 23.6 Å². The second kappa shape index (κ2) is 4.91. The SMILES string of the molecule is Cc1ccc(F)cc1CC(C)(O)c1ccccc1. The van der Waals surface area contributed by atoms with Gasteiger partial charge in [-0.1, -0.05) is 36.4 Å². The molecule has 0 bridgehead atoms. The smallest absolute Gasteiger partial charge is 0.123 e. The highest BCUT2D eigenvalue weighted by molar-refractivity contribution is 5.31. The molecule has 0 saturated carbocycles. The van der Waals surface area contributed by atoms with E-state index in [2.05, 4.69) is 0 Å². The van der Waals surface area contributed by atoms with Crippen molar-refractivity contribution in [3.8, 4) is 0 Å². The first-order valence-electron chi connectivity index (χ1n) is 6.02. The van der Waals surface area contributed by atoms with E-state index in [1.54, 1.807) is 13.0 Å². The molecule has 2 aromatic rings. The quantitative estimate of drug-likeness (QED) is 0.875. The molecular formula is C16H17FO. The van der Waals surface area contributed by atoms with E-state index in [0.717, 1.165) is 16.7 Å². The van der Waals surface area contributed by atoms with Crippen LogP contribution in [0.4, 0.5) is 4.39 Å². The zero-order valence-corrected chi connectivity index (χ0v) is 10.7. The Bertz CT molecular complexity index is 532. The number of halogens is 1. The van der Waals surface area contributed by atoms with E-state index < -0.39 is 5.60 Å². The van der Waals surface area contributed by atoms with Crippen molar-refractivity contribution in [2.24, 2.45) is 0 Å². The highest BCUT2D eigenvalue weighted by Crippen LogP contribution is 2.26. The summed E-state index contributed by atoms with van der Waals surface area (Å²) in [6, 6.07) is 14.1. The summed E-state index contributed by atoms with van der Waals surface area (Å²) in [6.07, 6.45) is 0.403. The maximum Gasteiger partial charge on any atom is 0.123 e. The second-order valence-corrected chi connectivity index (χ2v) is 4.89. The Morgan fingerprint density at radius 2 is 1.78 bits per heavy atom. The molecule has 0 heterocycles. The highest BCUT2D eigenvalue weighted by atomic mass is 19.1. The van der Waals surface area contributed by atoms with Crippen molar-refractivity contribution in [3.05, 3.63) is 71.0 Å². The topological polar surface area (TPSA) is 20.2 Å². The summed E-state index contributed by atoms with van der Waals surface area (Å²) in [5.74, 6) is -0.264. The Labute approximate surface area is 107 Å². The van der Waals surface area contributed by atoms with E-state index in [-0.39, 0.29) is 5.82 Å². The van der Waals surface area contributed by atoms with E-state index >= 15 is 0 Å². The van der Waals surface area contributed by atoms with Crippen molar-refractivity contribution in [1.29, 1.82) is 0 Å². The van der Waals surface area contributed by atoms with Crippen molar-refractivity contribution in [2.75, 3.05) is 0 Å². The van der Waals surface area contributed by atoms with E-state index in [9.17, 15) is 9.50 Å². The van der Waals surface area contributed by atoms with Gasteiger partial charge in [-0.15, -0.1) is 0 Å². The van der Waals surface area contributed by atoms with Gasteiger partial charge in [0.05, 0.1) is 5.60 Å². The van der Waals surface area contributed by atoms with Crippen LogP contribution in [0.5, 0.6) is 0 Å². The minimum absolute atomic E-state index is 0.264. The Hall–Kier alpha value is -1.67. The summed E-state index contributed by atoms with van der Waals surface area (Å²) in [5, 5.41) is 10.5. The molecule has 0 aliphatic rings. The molecular weight excluding hydrogens is 227 g/mol. The van der Waals surface area contributed by atoms with Gasteiger partial charge in [0.2, 0.25) is 0 Å². The summed E-state index contributed by atoms with van der Waals surface area (Å²) >= 11 is 0. The normalized spacial score (nSPS) is 14.2. The fraction of sp³-hybridized carbons (Fsp3) is 0.250. The highest BCUT2D eigenvalue weighted by Gasteiger charge is 2.24. The first-order valence-corrected chi connectivity index (χ1v) is 6.02. The number of rotatable bonds is 3. The van der Waals surface area contributed by atoms with Crippen LogP contribution in [-0.2, 0) is 12.0 Å². The van der Waals surface area contributed by atoms with Gasteiger partial charge in [0.25, 0.3) is 0 Å². The summed E-state index contributed by atoms with van der Waals surface area (Å²) in [4.78, 5) is 0. The van der Waals surface area contributed by atoms with Crippen molar-refractivity contribution >= 4 is 0 Å². The summed E-state index contributed by atoms with van der Waals surface area (Å²) in [7, 11) is 0. The fourth-order valence-corrected chi connectivity index (χ4v) is 2.10. The Morgan fingerprint density at radius 1 is 1.11 bits per heavy atom. The van der Waals surface area contributed by atoms with Crippen LogP contribution in [0, 0.1) is 12.7 Å². The lowest BCUT2D eigenvalue weighted by Crippen LogP contribution is -2.24. The molecule has 1 nitrogen and oxygen atoms in total. The number of benzene rings is 2. The van der Waals surface area contributed by atoms with Gasteiger partial charge in [-0.25, -0.2) is 4.39 Å². The van der Waals surface area contributed by atoms with Gasteiger partial charge >= 0.3 is 0 Å². The minimum atomic E-state index is -0.986. The molecule has 1 unspecified atom stereocenters.